The molecule has 8 nitrogen and oxygen atoms in total. The molecule has 160 valence electrons. The topological polar surface area (TPSA) is 99.0 Å². The Morgan fingerprint density at radius 3 is 2.71 bits per heavy atom. The van der Waals surface area contributed by atoms with Crippen molar-refractivity contribution in [1.29, 1.82) is 0 Å². The van der Waals surface area contributed by atoms with Crippen molar-refractivity contribution in [2.24, 2.45) is 0 Å². The quantitative estimate of drug-likeness (QED) is 0.309. The second-order valence-corrected chi connectivity index (χ2v) is 8.02. The molecule has 1 amide bonds. The molecule has 3 rings (SSSR count). The van der Waals surface area contributed by atoms with Gasteiger partial charge in [0.05, 0.1) is 34.3 Å². The number of rotatable bonds is 7. The standard InChI is InChI=1S/C20H17Cl2N5O3S/c1-12-3-7-17(15(22)9-12)27-20(24-25-26-27)31-11-18(28)23-16-6-4-13(10-14(16)21)5-8-19(29)30-2/h3-10H,11H2,1-2H3,(H,23,28)/b8-5+. The fraction of sp³-hybridized carbons (Fsp3) is 0.150. The number of aromatic nitrogens is 4. The highest BCUT2D eigenvalue weighted by atomic mass is 35.5. The zero-order valence-electron chi connectivity index (χ0n) is 16.5. The van der Waals surface area contributed by atoms with Crippen LogP contribution in [0.5, 0.6) is 0 Å². The summed E-state index contributed by atoms with van der Waals surface area (Å²) in [6.45, 7) is 1.93. The van der Waals surface area contributed by atoms with E-state index < -0.39 is 5.97 Å². The Morgan fingerprint density at radius 2 is 2.00 bits per heavy atom. The number of nitrogens with one attached hydrogen (secondary N) is 1. The highest BCUT2D eigenvalue weighted by Crippen LogP contribution is 2.26. The normalized spacial score (nSPS) is 11.0. The molecule has 2 aromatic carbocycles. The Morgan fingerprint density at radius 1 is 1.19 bits per heavy atom. The first-order valence-corrected chi connectivity index (χ1v) is 10.6. The van der Waals surface area contributed by atoms with Crippen molar-refractivity contribution < 1.29 is 14.3 Å². The number of esters is 1. The van der Waals surface area contributed by atoms with Gasteiger partial charge in [-0.15, -0.1) is 5.10 Å². The molecular weight excluding hydrogens is 461 g/mol. The van der Waals surface area contributed by atoms with Gasteiger partial charge >= 0.3 is 5.97 Å². The number of amides is 1. The Kier molecular flexibility index (Phi) is 7.67. The first kappa shape index (κ1) is 22.8. The molecule has 0 bridgehead atoms. The Balaban J connectivity index is 1.63. The van der Waals surface area contributed by atoms with Crippen LogP contribution < -0.4 is 5.32 Å². The SMILES string of the molecule is COC(=O)/C=C/c1ccc(NC(=O)CSc2nnnn2-c2ccc(C)cc2Cl)c(Cl)c1. The molecule has 0 aliphatic rings. The number of tetrazole rings is 1. The molecule has 1 aromatic heterocycles. The van der Waals surface area contributed by atoms with Gasteiger partial charge in [0, 0.05) is 6.08 Å². The van der Waals surface area contributed by atoms with Gasteiger partial charge in [0.2, 0.25) is 11.1 Å². The van der Waals surface area contributed by atoms with Gasteiger partial charge in [-0.2, -0.15) is 4.68 Å². The van der Waals surface area contributed by atoms with Crippen molar-refractivity contribution in [2.45, 2.75) is 12.1 Å². The first-order valence-electron chi connectivity index (χ1n) is 8.90. The summed E-state index contributed by atoms with van der Waals surface area (Å²) in [4.78, 5) is 23.6. The third-order valence-electron chi connectivity index (χ3n) is 3.98. The molecule has 0 atom stereocenters. The molecule has 0 aliphatic heterocycles. The monoisotopic (exact) mass is 477 g/mol. The lowest BCUT2D eigenvalue weighted by molar-refractivity contribution is -0.134. The van der Waals surface area contributed by atoms with Crippen LogP contribution in [-0.2, 0) is 14.3 Å². The van der Waals surface area contributed by atoms with E-state index in [2.05, 4.69) is 25.6 Å². The van der Waals surface area contributed by atoms with Crippen LogP contribution in [-0.4, -0.2) is 44.9 Å². The van der Waals surface area contributed by atoms with E-state index in [-0.39, 0.29) is 11.7 Å². The number of carbonyl (C=O) groups excluding carboxylic acids is 2. The summed E-state index contributed by atoms with van der Waals surface area (Å²) in [5.74, 6) is -0.696. The molecule has 0 radical (unpaired) electrons. The van der Waals surface area contributed by atoms with Crippen LogP contribution in [0, 0.1) is 6.92 Å². The van der Waals surface area contributed by atoms with Crippen LogP contribution in [0.3, 0.4) is 0 Å². The van der Waals surface area contributed by atoms with Crippen LogP contribution in [0.25, 0.3) is 11.8 Å². The van der Waals surface area contributed by atoms with Gasteiger partial charge in [0.1, 0.15) is 0 Å². The zero-order chi connectivity index (χ0) is 22.4. The van der Waals surface area contributed by atoms with Gasteiger partial charge in [-0.25, -0.2) is 4.79 Å². The van der Waals surface area contributed by atoms with Crippen LogP contribution >= 0.6 is 35.0 Å². The number of carbonyl (C=O) groups is 2. The summed E-state index contributed by atoms with van der Waals surface area (Å²) in [5.41, 5.74) is 2.78. The number of thioether (sulfide) groups is 1. The van der Waals surface area contributed by atoms with E-state index in [1.807, 2.05) is 25.1 Å². The van der Waals surface area contributed by atoms with E-state index in [9.17, 15) is 9.59 Å². The van der Waals surface area contributed by atoms with Crippen LogP contribution in [0.4, 0.5) is 5.69 Å². The zero-order valence-corrected chi connectivity index (χ0v) is 18.8. The molecule has 0 unspecified atom stereocenters. The highest BCUT2D eigenvalue weighted by Gasteiger charge is 2.14. The largest absolute Gasteiger partial charge is 0.466 e. The lowest BCUT2D eigenvalue weighted by Crippen LogP contribution is -2.15. The van der Waals surface area contributed by atoms with Gasteiger partial charge < -0.3 is 10.1 Å². The minimum atomic E-state index is -0.472. The maximum Gasteiger partial charge on any atom is 0.330 e. The number of hydrogen-bond donors (Lipinski definition) is 1. The number of benzene rings is 2. The molecule has 3 aromatic rings. The minimum absolute atomic E-state index is 0.0597. The minimum Gasteiger partial charge on any atom is -0.466 e. The molecule has 1 heterocycles. The fourth-order valence-corrected chi connectivity index (χ4v) is 3.72. The lowest BCUT2D eigenvalue weighted by Gasteiger charge is -2.09. The predicted molar refractivity (Wildman–Crippen MR) is 121 cm³/mol. The van der Waals surface area contributed by atoms with E-state index >= 15 is 0 Å². The van der Waals surface area contributed by atoms with E-state index in [0.717, 1.165) is 17.3 Å². The predicted octanol–water partition coefficient (Wildman–Crippen LogP) is 4.19. The molecule has 0 aliphatic carbocycles. The van der Waals surface area contributed by atoms with E-state index in [0.29, 0.717) is 32.1 Å². The van der Waals surface area contributed by atoms with Crippen molar-refractivity contribution >= 4 is 58.6 Å². The molecule has 31 heavy (non-hydrogen) atoms. The average molecular weight is 478 g/mol. The van der Waals surface area contributed by atoms with Gasteiger partial charge in [0.15, 0.2) is 0 Å². The number of anilines is 1. The Bertz CT molecular complexity index is 1150. The summed E-state index contributed by atoms with van der Waals surface area (Å²) in [7, 11) is 1.30. The summed E-state index contributed by atoms with van der Waals surface area (Å²) in [6, 6.07) is 10.5. The smallest absolute Gasteiger partial charge is 0.330 e. The number of hydrogen-bond acceptors (Lipinski definition) is 7. The number of methoxy groups -OCH3 is 1. The average Bonchev–Trinajstić information content (AvgIpc) is 3.20. The summed E-state index contributed by atoms with van der Waals surface area (Å²) in [6.07, 6.45) is 2.85. The van der Waals surface area contributed by atoms with Crippen LogP contribution in [0.15, 0.2) is 47.6 Å². The van der Waals surface area contributed by atoms with Gasteiger partial charge in [-0.3, -0.25) is 4.79 Å². The Hall–Kier alpha value is -2.88. The molecule has 11 heteroatoms. The van der Waals surface area contributed by atoms with Crippen LogP contribution in [0.2, 0.25) is 10.0 Å². The van der Waals surface area contributed by atoms with E-state index in [1.165, 1.54) is 17.9 Å². The Labute approximate surface area is 192 Å². The summed E-state index contributed by atoms with van der Waals surface area (Å²) in [5, 5.41) is 15.6. The molecular formula is C20H17Cl2N5O3S. The van der Waals surface area contributed by atoms with Crippen molar-refractivity contribution in [1.82, 2.24) is 20.2 Å². The summed E-state index contributed by atoms with van der Waals surface area (Å²) < 4.78 is 6.02. The lowest BCUT2D eigenvalue weighted by atomic mass is 10.2. The maximum absolute atomic E-state index is 12.4. The number of ether oxygens (including phenoxy) is 1. The molecule has 0 fully saturated rings. The van der Waals surface area contributed by atoms with Crippen molar-refractivity contribution in [3.05, 3.63) is 63.6 Å². The van der Waals surface area contributed by atoms with Crippen molar-refractivity contribution in [3.8, 4) is 5.69 Å². The van der Waals surface area contributed by atoms with E-state index in [1.54, 1.807) is 24.3 Å². The van der Waals surface area contributed by atoms with Crippen molar-refractivity contribution in [3.63, 3.8) is 0 Å². The molecule has 0 saturated carbocycles. The maximum atomic E-state index is 12.4. The fourth-order valence-electron chi connectivity index (χ4n) is 2.49. The van der Waals surface area contributed by atoms with Gasteiger partial charge in [-0.05, 0) is 58.8 Å². The van der Waals surface area contributed by atoms with Crippen molar-refractivity contribution in [2.75, 3.05) is 18.2 Å². The number of halogens is 2. The molecule has 1 N–H and O–H groups in total. The number of nitrogens with zero attached hydrogens (tertiary/aromatic N) is 4. The molecule has 0 spiro atoms. The summed E-state index contributed by atoms with van der Waals surface area (Å²) >= 11 is 13.7. The van der Waals surface area contributed by atoms with E-state index in [4.69, 9.17) is 23.2 Å². The second-order valence-electron chi connectivity index (χ2n) is 6.26. The first-order chi connectivity index (χ1) is 14.9. The van der Waals surface area contributed by atoms with Crippen LogP contribution in [0.1, 0.15) is 11.1 Å². The third kappa shape index (κ3) is 6.06. The van der Waals surface area contributed by atoms with Gasteiger partial charge in [0.25, 0.3) is 0 Å². The highest BCUT2D eigenvalue weighted by molar-refractivity contribution is 7.99. The van der Waals surface area contributed by atoms with Gasteiger partial charge in [-0.1, -0.05) is 47.1 Å². The second kappa shape index (κ2) is 10.4. The molecule has 0 saturated heterocycles. The third-order valence-corrected chi connectivity index (χ3v) is 5.52. The number of aryl methyl sites for hydroxylation is 1.